The Morgan fingerprint density at radius 1 is 1.10 bits per heavy atom. The maximum absolute atomic E-state index is 13.0. The van der Waals surface area contributed by atoms with Crippen LogP contribution in [0.2, 0.25) is 10.0 Å². The topological polar surface area (TPSA) is 75.7 Å². The third-order valence-corrected chi connectivity index (χ3v) is 8.52. The number of halogens is 2. The summed E-state index contributed by atoms with van der Waals surface area (Å²) in [7, 11) is -2.13. The molecule has 2 aromatic rings. The predicted molar refractivity (Wildman–Crippen MR) is 127 cm³/mol. The summed E-state index contributed by atoms with van der Waals surface area (Å²) in [6.07, 6.45) is 2.75. The first-order valence-corrected chi connectivity index (χ1v) is 13.2. The van der Waals surface area contributed by atoms with Gasteiger partial charge in [0.25, 0.3) is 0 Å². The van der Waals surface area contributed by atoms with E-state index in [4.69, 9.17) is 27.9 Å². The first-order valence-electron chi connectivity index (χ1n) is 9.81. The molecule has 1 amide bonds. The summed E-state index contributed by atoms with van der Waals surface area (Å²) in [5.74, 6) is 0.924. The van der Waals surface area contributed by atoms with Crippen molar-refractivity contribution in [1.29, 1.82) is 0 Å². The largest absolute Gasteiger partial charge is 0.495 e. The minimum Gasteiger partial charge on any atom is -0.495 e. The number of sulfonamides is 1. The highest BCUT2D eigenvalue weighted by molar-refractivity contribution is 7.99. The number of amides is 1. The van der Waals surface area contributed by atoms with Gasteiger partial charge in [-0.2, -0.15) is 4.31 Å². The molecule has 2 aromatic carbocycles. The Morgan fingerprint density at radius 3 is 2.52 bits per heavy atom. The molecule has 0 saturated carbocycles. The summed E-state index contributed by atoms with van der Waals surface area (Å²) in [5, 5.41) is 3.73. The predicted octanol–water partition coefficient (Wildman–Crippen LogP) is 5.05. The molecule has 1 heterocycles. The second-order valence-electron chi connectivity index (χ2n) is 7.12. The van der Waals surface area contributed by atoms with Crippen molar-refractivity contribution in [3.05, 3.63) is 52.0 Å². The van der Waals surface area contributed by atoms with E-state index >= 15 is 0 Å². The van der Waals surface area contributed by atoms with E-state index in [-0.39, 0.29) is 16.6 Å². The average molecular weight is 503 g/mol. The van der Waals surface area contributed by atoms with Crippen molar-refractivity contribution in [2.45, 2.75) is 29.9 Å². The fourth-order valence-electron chi connectivity index (χ4n) is 3.28. The number of carbonyl (C=O) groups is 1. The van der Waals surface area contributed by atoms with Gasteiger partial charge in [0.2, 0.25) is 15.9 Å². The molecule has 31 heavy (non-hydrogen) atoms. The van der Waals surface area contributed by atoms with Gasteiger partial charge < -0.3 is 10.1 Å². The maximum Gasteiger partial charge on any atom is 0.243 e. The van der Waals surface area contributed by atoms with Crippen LogP contribution in [0.15, 0.2) is 41.3 Å². The summed E-state index contributed by atoms with van der Waals surface area (Å²) in [6, 6.07) is 9.89. The van der Waals surface area contributed by atoms with Crippen molar-refractivity contribution in [3.8, 4) is 5.75 Å². The van der Waals surface area contributed by atoms with Gasteiger partial charge in [-0.05, 0) is 48.7 Å². The molecule has 1 saturated heterocycles. The van der Waals surface area contributed by atoms with Crippen LogP contribution in [0.1, 0.15) is 24.8 Å². The number of anilines is 1. The summed E-state index contributed by atoms with van der Waals surface area (Å²) in [4.78, 5) is 12.6. The summed E-state index contributed by atoms with van der Waals surface area (Å²) >= 11 is 13.3. The highest BCUT2D eigenvalue weighted by Crippen LogP contribution is 2.30. The van der Waals surface area contributed by atoms with Crippen molar-refractivity contribution in [1.82, 2.24) is 4.31 Å². The number of methoxy groups -OCH3 is 1. The Labute approximate surface area is 197 Å². The van der Waals surface area contributed by atoms with Crippen molar-refractivity contribution in [2.75, 3.05) is 31.3 Å². The van der Waals surface area contributed by atoms with Crippen molar-refractivity contribution >= 4 is 56.6 Å². The van der Waals surface area contributed by atoms with Gasteiger partial charge in [0, 0.05) is 18.8 Å². The molecule has 0 aliphatic carbocycles. The van der Waals surface area contributed by atoms with E-state index in [2.05, 4.69) is 5.32 Å². The van der Waals surface area contributed by atoms with Crippen molar-refractivity contribution in [3.63, 3.8) is 0 Å². The fourth-order valence-corrected chi connectivity index (χ4v) is 5.92. The number of hydrogen-bond acceptors (Lipinski definition) is 5. The van der Waals surface area contributed by atoms with Gasteiger partial charge in [0.05, 0.1) is 33.5 Å². The number of piperidine rings is 1. The lowest BCUT2D eigenvalue weighted by molar-refractivity contribution is -0.113. The van der Waals surface area contributed by atoms with Gasteiger partial charge in [-0.1, -0.05) is 35.7 Å². The van der Waals surface area contributed by atoms with Crippen LogP contribution in [0.25, 0.3) is 0 Å². The first kappa shape index (κ1) is 24.2. The Kier molecular flexibility index (Phi) is 8.52. The molecular formula is C21H24Cl2N2O4S2. The Morgan fingerprint density at radius 2 is 1.84 bits per heavy atom. The van der Waals surface area contributed by atoms with E-state index in [1.54, 1.807) is 18.2 Å². The summed E-state index contributed by atoms with van der Waals surface area (Å²) < 4.78 is 32.7. The fraction of sp³-hybridized carbons (Fsp3) is 0.381. The molecule has 0 atom stereocenters. The van der Waals surface area contributed by atoms with Crippen LogP contribution in [0, 0.1) is 0 Å². The molecule has 3 rings (SSSR count). The van der Waals surface area contributed by atoms with Gasteiger partial charge in [-0.15, -0.1) is 11.8 Å². The lowest BCUT2D eigenvalue weighted by Gasteiger charge is -2.26. The van der Waals surface area contributed by atoms with Crippen LogP contribution < -0.4 is 10.1 Å². The molecule has 1 N–H and O–H groups in total. The van der Waals surface area contributed by atoms with Crippen LogP contribution in [0.5, 0.6) is 5.75 Å². The molecule has 10 heteroatoms. The monoisotopic (exact) mass is 502 g/mol. The van der Waals surface area contributed by atoms with E-state index < -0.39 is 10.0 Å². The van der Waals surface area contributed by atoms with E-state index in [0.29, 0.717) is 40.3 Å². The van der Waals surface area contributed by atoms with Gasteiger partial charge in [0.1, 0.15) is 5.75 Å². The number of benzene rings is 2. The second-order valence-corrected chi connectivity index (χ2v) is 10.9. The van der Waals surface area contributed by atoms with Gasteiger partial charge in [-0.3, -0.25) is 4.79 Å². The number of nitrogens with zero attached hydrogens (tertiary/aromatic N) is 1. The zero-order valence-electron chi connectivity index (χ0n) is 17.1. The summed E-state index contributed by atoms with van der Waals surface area (Å²) in [6.45, 7) is 1.03. The zero-order chi connectivity index (χ0) is 22.4. The Bertz CT molecular complexity index is 1040. The molecular weight excluding hydrogens is 479 g/mol. The molecule has 0 bridgehead atoms. The normalized spacial score (nSPS) is 14.9. The van der Waals surface area contributed by atoms with Gasteiger partial charge in [-0.25, -0.2) is 8.42 Å². The summed E-state index contributed by atoms with van der Waals surface area (Å²) in [5.41, 5.74) is 1.29. The number of rotatable bonds is 8. The maximum atomic E-state index is 13.0. The Balaban J connectivity index is 1.66. The number of nitrogens with one attached hydrogen (secondary N) is 1. The molecule has 0 radical (unpaired) electrons. The van der Waals surface area contributed by atoms with Crippen LogP contribution in [-0.2, 0) is 20.6 Å². The SMILES string of the molecule is COc1ccc(S(=O)(=O)N2CCCCC2)cc1NC(=O)CSCc1ccc(Cl)c(Cl)c1. The average Bonchev–Trinajstić information content (AvgIpc) is 2.76. The molecule has 1 aliphatic heterocycles. The van der Waals surface area contributed by atoms with E-state index in [1.807, 2.05) is 6.07 Å². The number of ether oxygens (including phenoxy) is 1. The van der Waals surface area contributed by atoms with Gasteiger partial charge >= 0.3 is 0 Å². The van der Waals surface area contributed by atoms with Crippen LogP contribution in [0.3, 0.4) is 0 Å². The highest BCUT2D eigenvalue weighted by atomic mass is 35.5. The lowest BCUT2D eigenvalue weighted by Crippen LogP contribution is -2.35. The second kappa shape index (κ2) is 10.9. The third-order valence-electron chi connectivity index (χ3n) is 4.88. The van der Waals surface area contributed by atoms with Crippen molar-refractivity contribution in [2.24, 2.45) is 0 Å². The molecule has 6 nitrogen and oxygen atoms in total. The zero-order valence-corrected chi connectivity index (χ0v) is 20.2. The van der Waals surface area contributed by atoms with Crippen LogP contribution in [0.4, 0.5) is 5.69 Å². The van der Waals surface area contributed by atoms with Crippen molar-refractivity contribution < 1.29 is 17.9 Å². The van der Waals surface area contributed by atoms with E-state index in [0.717, 1.165) is 24.8 Å². The quantitative estimate of drug-likeness (QED) is 0.546. The van der Waals surface area contributed by atoms with Crippen LogP contribution in [-0.4, -0.2) is 44.6 Å². The molecule has 168 valence electrons. The van der Waals surface area contributed by atoms with E-state index in [9.17, 15) is 13.2 Å². The number of carbonyl (C=O) groups excluding carboxylic acids is 1. The van der Waals surface area contributed by atoms with E-state index in [1.165, 1.54) is 35.3 Å². The molecule has 0 unspecified atom stereocenters. The molecule has 0 spiro atoms. The van der Waals surface area contributed by atoms with Gasteiger partial charge in [0.15, 0.2) is 0 Å². The smallest absolute Gasteiger partial charge is 0.243 e. The molecule has 1 aliphatic rings. The number of hydrogen-bond donors (Lipinski definition) is 1. The lowest BCUT2D eigenvalue weighted by atomic mass is 10.2. The standard InChI is InChI=1S/C21H24Cl2N2O4S2/c1-29-20-8-6-16(31(27,28)25-9-3-2-4-10-25)12-19(20)24-21(26)14-30-13-15-5-7-17(22)18(23)11-15/h5-8,11-12H,2-4,9-10,13-14H2,1H3,(H,24,26). The number of thioether (sulfide) groups is 1. The minimum atomic E-state index is -3.61. The minimum absolute atomic E-state index is 0.147. The first-order chi connectivity index (χ1) is 14.8. The molecule has 0 aromatic heterocycles. The highest BCUT2D eigenvalue weighted by Gasteiger charge is 2.27. The van der Waals surface area contributed by atoms with Crippen LogP contribution >= 0.6 is 35.0 Å². The molecule has 1 fully saturated rings. The third kappa shape index (κ3) is 6.29. The Hall–Kier alpha value is -1.45.